The number of nitrogens with zero attached hydrogens (tertiary/aromatic N) is 2. The Kier molecular flexibility index (Phi) is 7.38. The molecular weight excluding hydrogens is 250 g/mol. The largest absolute Gasteiger partial charge is 0.339 e. The van der Waals surface area contributed by atoms with Gasteiger partial charge in [-0.1, -0.05) is 24.6 Å². The summed E-state index contributed by atoms with van der Waals surface area (Å²) < 4.78 is 0. The van der Waals surface area contributed by atoms with Crippen molar-refractivity contribution >= 4 is 5.91 Å². The Hall–Kier alpha value is -1.86. The molecule has 1 aromatic carbocycles. The number of nitriles is 1. The van der Waals surface area contributed by atoms with E-state index >= 15 is 0 Å². The van der Waals surface area contributed by atoms with Gasteiger partial charge in [0.25, 0.3) is 0 Å². The highest BCUT2D eigenvalue weighted by Gasteiger charge is 2.13. The van der Waals surface area contributed by atoms with E-state index in [9.17, 15) is 4.79 Å². The highest BCUT2D eigenvalue weighted by Crippen LogP contribution is 2.12. The van der Waals surface area contributed by atoms with E-state index in [-0.39, 0.29) is 5.91 Å². The number of benzene rings is 1. The molecule has 0 aliphatic carbocycles. The van der Waals surface area contributed by atoms with Crippen LogP contribution in [0.5, 0.6) is 0 Å². The number of rotatable bonds is 8. The van der Waals surface area contributed by atoms with Crippen LogP contribution in [0.4, 0.5) is 0 Å². The zero-order valence-electron chi connectivity index (χ0n) is 12.1. The van der Waals surface area contributed by atoms with Gasteiger partial charge in [-0.05, 0) is 37.9 Å². The normalized spacial score (nSPS) is 10.1. The third kappa shape index (κ3) is 5.02. The maximum Gasteiger partial charge on any atom is 0.222 e. The molecule has 1 rings (SSSR count). The minimum absolute atomic E-state index is 0.150. The van der Waals surface area contributed by atoms with Crippen LogP contribution < -0.4 is 5.73 Å². The van der Waals surface area contributed by atoms with E-state index in [1.807, 2.05) is 25.1 Å². The van der Waals surface area contributed by atoms with Crippen LogP contribution in [0.3, 0.4) is 0 Å². The lowest BCUT2D eigenvalue weighted by atomic mass is 10.1. The van der Waals surface area contributed by atoms with Crippen LogP contribution in [0, 0.1) is 11.3 Å². The van der Waals surface area contributed by atoms with Gasteiger partial charge in [0.15, 0.2) is 0 Å². The van der Waals surface area contributed by atoms with Gasteiger partial charge in [-0.2, -0.15) is 5.26 Å². The summed E-state index contributed by atoms with van der Waals surface area (Å²) in [5, 5.41) is 9.08. The fraction of sp³-hybridized carbons (Fsp3) is 0.500. The average Bonchev–Trinajstić information content (AvgIpc) is 2.49. The first-order valence-electron chi connectivity index (χ1n) is 7.18. The molecule has 0 saturated heterocycles. The van der Waals surface area contributed by atoms with E-state index in [1.165, 1.54) is 0 Å². The van der Waals surface area contributed by atoms with Crippen molar-refractivity contribution in [3.63, 3.8) is 0 Å². The molecule has 0 aliphatic heterocycles. The summed E-state index contributed by atoms with van der Waals surface area (Å²) in [6.45, 7) is 3.82. The molecule has 108 valence electrons. The summed E-state index contributed by atoms with van der Waals surface area (Å²) in [6, 6.07) is 9.60. The van der Waals surface area contributed by atoms with Crippen molar-refractivity contribution in [2.75, 3.05) is 13.1 Å². The van der Waals surface area contributed by atoms with Crippen molar-refractivity contribution in [2.24, 2.45) is 5.73 Å². The van der Waals surface area contributed by atoms with Gasteiger partial charge in [0.05, 0.1) is 11.6 Å². The molecule has 2 N–H and O–H groups in total. The van der Waals surface area contributed by atoms with Gasteiger partial charge in [0.1, 0.15) is 0 Å². The van der Waals surface area contributed by atoms with Crippen molar-refractivity contribution in [3.05, 3.63) is 35.4 Å². The number of hydrogen-bond acceptors (Lipinski definition) is 3. The van der Waals surface area contributed by atoms with Crippen molar-refractivity contribution in [1.82, 2.24) is 4.90 Å². The molecule has 0 radical (unpaired) electrons. The number of carbonyl (C=O) groups is 1. The van der Waals surface area contributed by atoms with E-state index in [1.54, 1.807) is 11.0 Å². The highest BCUT2D eigenvalue weighted by atomic mass is 16.2. The fourth-order valence-corrected chi connectivity index (χ4v) is 2.10. The zero-order chi connectivity index (χ0) is 14.8. The van der Waals surface area contributed by atoms with Crippen LogP contribution in [-0.4, -0.2) is 23.9 Å². The molecule has 0 saturated carbocycles. The van der Waals surface area contributed by atoms with Gasteiger partial charge in [-0.15, -0.1) is 0 Å². The van der Waals surface area contributed by atoms with E-state index < -0.39 is 0 Å². The second kappa shape index (κ2) is 9.11. The fourth-order valence-electron chi connectivity index (χ4n) is 2.10. The predicted molar refractivity (Wildman–Crippen MR) is 79.8 cm³/mol. The molecule has 1 amide bonds. The average molecular weight is 273 g/mol. The molecule has 1 aromatic rings. The van der Waals surface area contributed by atoms with Crippen LogP contribution >= 0.6 is 0 Å². The number of amides is 1. The van der Waals surface area contributed by atoms with Crippen molar-refractivity contribution in [3.8, 4) is 6.07 Å². The number of carbonyl (C=O) groups excluding carboxylic acids is 1. The van der Waals surface area contributed by atoms with Crippen LogP contribution in [-0.2, 0) is 11.3 Å². The predicted octanol–water partition coefficient (Wildman–Crippen LogP) is 2.43. The zero-order valence-corrected chi connectivity index (χ0v) is 12.1. The first-order chi connectivity index (χ1) is 9.72. The van der Waals surface area contributed by atoms with Crippen molar-refractivity contribution < 1.29 is 4.79 Å². The quantitative estimate of drug-likeness (QED) is 0.739. The van der Waals surface area contributed by atoms with Crippen LogP contribution in [0.1, 0.15) is 43.7 Å². The number of unbranched alkanes of at least 4 members (excludes halogenated alkanes) is 2. The summed E-state index contributed by atoms with van der Waals surface area (Å²) in [7, 11) is 0. The van der Waals surface area contributed by atoms with Gasteiger partial charge < -0.3 is 10.6 Å². The molecule has 0 atom stereocenters. The molecule has 0 bridgehead atoms. The summed E-state index contributed by atoms with van der Waals surface area (Å²) in [4.78, 5) is 14.0. The van der Waals surface area contributed by atoms with Gasteiger partial charge >= 0.3 is 0 Å². The maximum atomic E-state index is 12.2. The standard InChI is InChI=1S/C16H23N3O/c1-2-19(16(20)10-4-3-7-11-17)13-15-9-6-5-8-14(15)12-18/h5-6,8-9H,2-4,7,10-11,13,17H2,1H3. The van der Waals surface area contributed by atoms with Gasteiger partial charge in [-0.25, -0.2) is 0 Å². The topological polar surface area (TPSA) is 70.1 Å². The molecule has 0 fully saturated rings. The molecule has 20 heavy (non-hydrogen) atoms. The Morgan fingerprint density at radius 3 is 2.70 bits per heavy atom. The highest BCUT2D eigenvalue weighted by molar-refractivity contribution is 5.76. The Morgan fingerprint density at radius 2 is 2.05 bits per heavy atom. The lowest BCUT2D eigenvalue weighted by Crippen LogP contribution is -2.30. The molecule has 0 unspecified atom stereocenters. The summed E-state index contributed by atoms with van der Waals surface area (Å²) in [5.41, 5.74) is 6.99. The molecule has 4 nitrogen and oxygen atoms in total. The molecule has 0 aliphatic rings. The monoisotopic (exact) mass is 273 g/mol. The number of hydrogen-bond donors (Lipinski definition) is 1. The Morgan fingerprint density at radius 1 is 1.30 bits per heavy atom. The number of nitrogens with two attached hydrogens (primary N) is 1. The minimum Gasteiger partial charge on any atom is -0.339 e. The van der Waals surface area contributed by atoms with Crippen LogP contribution in [0.25, 0.3) is 0 Å². The van der Waals surface area contributed by atoms with E-state index in [0.717, 1.165) is 24.8 Å². The molecule has 0 heterocycles. The summed E-state index contributed by atoms with van der Waals surface area (Å²) in [5.74, 6) is 0.150. The smallest absolute Gasteiger partial charge is 0.222 e. The first kappa shape index (κ1) is 16.2. The lowest BCUT2D eigenvalue weighted by molar-refractivity contribution is -0.131. The Labute approximate surface area is 121 Å². The van der Waals surface area contributed by atoms with E-state index in [4.69, 9.17) is 11.0 Å². The lowest BCUT2D eigenvalue weighted by Gasteiger charge is -2.21. The second-order valence-corrected chi connectivity index (χ2v) is 4.78. The Balaban J connectivity index is 2.58. The second-order valence-electron chi connectivity index (χ2n) is 4.78. The van der Waals surface area contributed by atoms with Crippen molar-refractivity contribution in [1.29, 1.82) is 5.26 Å². The molecule has 4 heteroatoms. The minimum atomic E-state index is 0.150. The molecule has 0 aromatic heterocycles. The molecule has 0 spiro atoms. The molecular formula is C16H23N3O. The first-order valence-corrected chi connectivity index (χ1v) is 7.18. The maximum absolute atomic E-state index is 12.2. The Bertz CT molecular complexity index is 465. The van der Waals surface area contributed by atoms with Gasteiger partial charge in [0, 0.05) is 19.5 Å². The SMILES string of the molecule is CCN(Cc1ccccc1C#N)C(=O)CCCCCN. The van der Waals surface area contributed by atoms with Crippen molar-refractivity contribution in [2.45, 2.75) is 39.2 Å². The van der Waals surface area contributed by atoms with Gasteiger partial charge in [-0.3, -0.25) is 4.79 Å². The summed E-state index contributed by atoms with van der Waals surface area (Å²) >= 11 is 0. The van der Waals surface area contributed by atoms with Crippen LogP contribution in [0.2, 0.25) is 0 Å². The third-order valence-corrected chi connectivity index (χ3v) is 3.33. The van der Waals surface area contributed by atoms with E-state index in [0.29, 0.717) is 31.6 Å². The van der Waals surface area contributed by atoms with Crippen LogP contribution in [0.15, 0.2) is 24.3 Å². The van der Waals surface area contributed by atoms with Gasteiger partial charge in [0.2, 0.25) is 5.91 Å². The summed E-state index contributed by atoms with van der Waals surface area (Å²) in [6.07, 6.45) is 3.40. The third-order valence-electron chi connectivity index (χ3n) is 3.33. The van der Waals surface area contributed by atoms with E-state index in [2.05, 4.69) is 6.07 Å².